The van der Waals surface area contributed by atoms with Gasteiger partial charge in [0.1, 0.15) is 11.3 Å². The number of halogens is 1. The molecule has 0 atom stereocenters. The Bertz CT molecular complexity index is 561. The Morgan fingerprint density at radius 1 is 1.37 bits per heavy atom. The molecule has 1 aliphatic rings. The van der Waals surface area contributed by atoms with Crippen LogP contribution < -0.4 is 0 Å². The fourth-order valence-corrected chi connectivity index (χ4v) is 2.66. The Labute approximate surface area is 111 Å². The molecule has 0 aliphatic carbocycles. The Morgan fingerprint density at radius 3 is 2.84 bits per heavy atom. The number of aliphatic hydroxyl groups is 1. The van der Waals surface area contributed by atoms with E-state index in [2.05, 4.69) is 14.9 Å². The van der Waals surface area contributed by atoms with Gasteiger partial charge < -0.3 is 10.1 Å². The lowest BCUT2D eigenvalue weighted by molar-refractivity contribution is 0.126. The van der Waals surface area contributed by atoms with E-state index >= 15 is 0 Å². The van der Waals surface area contributed by atoms with Crippen LogP contribution in [0.4, 0.5) is 4.39 Å². The third-order valence-corrected chi connectivity index (χ3v) is 3.85. The van der Waals surface area contributed by atoms with E-state index in [-0.39, 0.29) is 12.4 Å². The number of nitrogens with one attached hydrogen (secondary N) is 1. The lowest BCUT2D eigenvalue weighted by atomic mass is 9.98. The predicted molar refractivity (Wildman–Crippen MR) is 71.1 cm³/mol. The first-order valence-electron chi connectivity index (χ1n) is 6.72. The number of aliphatic hydroxyl groups excluding tert-OH is 1. The topological polar surface area (TPSA) is 52.1 Å². The first-order valence-corrected chi connectivity index (χ1v) is 6.72. The molecule has 0 radical (unpaired) electrons. The quantitative estimate of drug-likeness (QED) is 0.889. The number of imidazole rings is 1. The zero-order valence-corrected chi connectivity index (χ0v) is 10.8. The Hall–Kier alpha value is -1.46. The normalized spacial score (nSPS) is 18.2. The molecule has 0 spiro atoms. The second-order valence-corrected chi connectivity index (χ2v) is 5.22. The van der Waals surface area contributed by atoms with E-state index in [9.17, 15) is 4.39 Å². The molecule has 1 aromatic heterocycles. The summed E-state index contributed by atoms with van der Waals surface area (Å²) in [6.45, 7) is 2.92. The summed E-state index contributed by atoms with van der Waals surface area (Å²) in [6, 6.07) is 4.96. The van der Waals surface area contributed by atoms with Crippen LogP contribution >= 0.6 is 0 Å². The SMILES string of the molecule is OCC1CCN(Cc2nc3c(F)cccc3[nH]2)CC1. The van der Waals surface area contributed by atoms with Crippen molar-refractivity contribution in [3.05, 3.63) is 29.8 Å². The summed E-state index contributed by atoms with van der Waals surface area (Å²) >= 11 is 0. The number of para-hydroxylation sites is 1. The molecule has 1 fully saturated rings. The number of likely N-dealkylation sites (tertiary alicyclic amines) is 1. The second kappa shape index (κ2) is 5.27. The van der Waals surface area contributed by atoms with E-state index in [1.54, 1.807) is 6.07 Å². The van der Waals surface area contributed by atoms with Gasteiger partial charge in [-0.1, -0.05) is 6.07 Å². The molecule has 3 rings (SSSR count). The van der Waals surface area contributed by atoms with Crippen LogP contribution in [0, 0.1) is 11.7 Å². The van der Waals surface area contributed by atoms with Gasteiger partial charge in [0, 0.05) is 6.61 Å². The Morgan fingerprint density at radius 2 is 2.16 bits per heavy atom. The van der Waals surface area contributed by atoms with Gasteiger partial charge in [0.2, 0.25) is 0 Å². The number of rotatable bonds is 3. The van der Waals surface area contributed by atoms with E-state index in [0.717, 1.165) is 37.3 Å². The lowest BCUT2D eigenvalue weighted by Crippen LogP contribution is -2.34. The van der Waals surface area contributed by atoms with Crippen molar-refractivity contribution < 1.29 is 9.50 Å². The van der Waals surface area contributed by atoms with Gasteiger partial charge in [-0.05, 0) is 44.0 Å². The number of piperidine rings is 1. The molecule has 19 heavy (non-hydrogen) atoms. The van der Waals surface area contributed by atoms with Gasteiger partial charge in [0.15, 0.2) is 5.82 Å². The molecule has 0 bridgehead atoms. The van der Waals surface area contributed by atoms with Crippen LogP contribution in [0.1, 0.15) is 18.7 Å². The van der Waals surface area contributed by atoms with Crippen LogP contribution in [-0.4, -0.2) is 39.7 Å². The monoisotopic (exact) mass is 263 g/mol. The van der Waals surface area contributed by atoms with E-state index < -0.39 is 0 Å². The minimum Gasteiger partial charge on any atom is -0.396 e. The standard InChI is InChI=1S/C14H18FN3O/c15-11-2-1-3-12-14(11)17-13(16-12)8-18-6-4-10(9-19)5-7-18/h1-3,10,19H,4-9H2,(H,16,17). The van der Waals surface area contributed by atoms with Crippen LogP contribution in [0.5, 0.6) is 0 Å². The number of hydrogen-bond acceptors (Lipinski definition) is 3. The van der Waals surface area contributed by atoms with Gasteiger partial charge in [0.25, 0.3) is 0 Å². The first-order chi connectivity index (χ1) is 9.26. The van der Waals surface area contributed by atoms with Crippen molar-refractivity contribution in [3.8, 4) is 0 Å². The van der Waals surface area contributed by atoms with Gasteiger partial charge in [-0.25, -0.2) is 9.37 Å². The predicted octanol–water partition coefficient (Wildman–Crippen LogP) is 1.91. The Kier molecular flexibility index (Phi) is 3.48. The summed E-state index contributed by atoms with van der Waals surface area (Å²) in [5.74, 6) is 0.964. The molecule has 1 aromatic carbocycles. The van der Waals surface area contributed by atoms with E-state index in [1.165, 1.54) is 6.07 Å². The highest BCUT2D eigenvalue weighted by Crippen LogP contribution is 2.19. The van der Waals surface area contributed by atoms with Crippen molar-refractivity contribution in [1.29, 1.82) is 0 Å². The molecule has 0 amide bonds. The van der Waals surface area contributed by atoms with Gasteiger partial charge in [-0.2, -0.15) is 0 Å². The van der Waals surface area contributed by atoms with E-state index in [1.807, 2.05) is 6.07 Å². The van der Waals surface area contributed by atoms with Gasteiger partial charge in [0.05, 0.1) is 12.1 Å². The highest BCUT2D eigenvalue weighted by molar-refractivity contribution is 5.75. The molecule has 1 saturated heterocycles. The van der Waals surface area contributed by atoms with Crippen molar-refractivity contribution >= 4 is 11.0 Å². The average molecular weight is 263 g/mol. The van der Waals surface area contributed by atoms with E-state index in [4.69, 9.17) is 5.11 Å². The smallest absolute Gasteiger partial charge is 0.151 e. The van der Waals surface area contributed by atoms with Crippen molar-refractivity contribution in [2.24, 2.45) is 5.92 Å². The molecule has 1 aliphatic heterocycles. The maximum absolute atomic E-state index is 13.6. The molecular formula is C14H18FN3O. The highest BCUT2D eigenvalue weighted by Gasteiger charge is 2.19. The van der Waals surface area contributed by atoms with E-state index in [0.29, 0.717) is 18.0 Å². The largest absolute Gasteiger partial charge is 0.396 e. The maximum Gasteiger partial charge on any atom is 0.151 e. The van der Waals surface area contributed by atoms with Crippen molar-refractivity contribution in [2.45, 2.75) is 19.4 Å². The summed E-state index contributed by atoms with van der Waals surface area (Å²) < 4.78 is 13.6. The summed E-state index contributed by atoms with van der Waals surface area (Å²) in [7, 11) is 0. The fraction of sp³-hybridized carbons (Fsp3) is 0.500. The summed E-state index contributed by atoms with van der Waals surface area (Å²) in [5, 5.41) is 9.11. The minimum absolute atomic E-state index is 0.279. The third-order valence-electron chi connectivity index (χ3n) is 3.85. The molecular weight excluding hydrogens is 245 g/mol. The second-order valence-electron chi connectivity index (χ2n) is 5.22. The van der Waals surface area contributed by atoms with Crippen molar-refractivity contribution in [1.82, 2.24) is 14.9 Å². The number of hydrogen-bond donors (Lipinski definition) is 2. The molecule has 0 unspecified atom stereocenters. The number of nitrogens with zero attached hydrogens (tertiary/aromatic N) is 2. The molecule has 4 nitrogen and oxygen atoms in total. The summed E-state index contributed by atoms with van der Waals surface area (Å²) in [6.07, 6.45) is 2.04. The lowest BCUT2D eigenvalue weighted by Gasteiger charge is -2.30. The first kappa shape index (κ1) is 12.6. The molecule has 2 heterocycles. The zero-order chi connectivity index (χ0) is 13.2. The number of aromatic amines is 1. The van der Waals surface area contributed by atoms with Crippen LogP contribution in [0.3, 0.4) is 0 Å². The number of aromatic nitrogens is 2. The number of fused-ring (bicyclic) bond motifs is 1. The average Bonchev–Trinajstić information content (AvgIpc) is 2.84. The molecule has 102 valence electrons. The van der Waals surface area contributed by atoms with Crippen LogP contribution in [-0.2, 0) is 6.54 Å². The Balaban J connectivity index is 1.70. The summed E-state index contributed by atoms with van der Waals surface area (Å²) in [4.78, 5) is 9.78. The maximum atomic E-state index is 13.6. The van der Waals surface area contributed by atoms with Crippen LogP contribution in [0.2, 0.25) is 0 Å². The minimum atomic E-state index is -0.279. The molecule has 0 saturated carbocycles. The molecule has 2 N–H and O–H groups in total. The number of H-pyrrole nitrogens is 1. The summed E-state index contributed by atoms with van der Waals surface area (Å²) in [5.41, 5.74) is 1.17. The molecule has 5 heteroatoms. The molecule has 2 aromatic rings. The number of benzene rings is 1. The van der Waals surface area contributed by atoms with Crippen molar-refractivity contribution in [2.75, 3.05) is 19.7 Å². The van der Waals surface area contributed by atoms with Crippen LogP contribution in [0.15, 0.2) is 18.2 Å². The van der Waals surface area contributed by atoms with Crippen LogP contribution in [0.25, 0.3) is 11.0 Å². The van der Waals surface area contributed by atoms with Gasteiger partial charge in [-0.3, -0.25) is 4.90 Å². The zero-order valence-electron chi connectivity index (χ0n) is 10.8. The van der Waals surface area contributed by atoms with Crippen molar-refractivity contribution in [3.63, 3.8) is 0 Å². The third kappa shape index (κ3) is 2.62. The highest BCUT2D eigenvalue weighted by atomic mass is 19.1. The van der Waals surface area contributed by atoms with Gasteiger partial charge in [-0.15, -0.1) is 0 Å². The van der Waals surface area contributed by atoms with Gasteiger partial charge >= 0.3 is 0 Å². The fourth-order valence-electron chi connectivity index (χ4n) is 2.66.